The predicted octanol–water partition coefficient (Wildman–Crippen LogP) is 5.13. The fourth-order valence-corrected chi connectivity index (χ4v) is 5.33. The molecule has 148 valence electrons. The van der Waals surface area contributed by atoms with E-state index in [-0.39, 0.29) is 12.8 Å². The summed E-state index contributed by atoms with van der Waals surface area (Å²) in [6, 6.07) is 6.93. The van der Waals surface area contributed by atoms with E-state index in [0.29, 0.717) is 17.7 Å². The van der Waals surface area contributed by atoms with Gasteiger partial charge >= 0.3 is 6.18 Å². The van der Waals surface area contributed by atoms with Crippen LogP contribution in [0.1, 0.15) is 28.8 Å². The standard InChI is InChI=1S/C20H25F3O3Si/c1-25-17-12-14(26-27(2,3)4)11-16(20(21,22)23)19(17)10-9-13-7-5-6-8-15(13)18(19)24/h5-8,12,16-17H,9-11H2,1-4H3/t16-,17?,19+/m0/s1. The first kappa shape index (κ1) is 20.1. The lowest BCUT2D eigenvalue weighted by Gasteiger charge is -2.49. The van der Waals surface area contributed by atoms with Crippen LogP contribution in [0.3, 0.4) is 0 Å². The van der Waals surface area contributed by atoms with Crippen molar-refractivity contribution in [2.24, 2.45) is 11.3 Å². The molecule has 3 atom stereocenters. The number of hydrogen-bond donors (Lipinski definition) is 0. The lowest BCUT2D eigenvalue weighted by molar-refractivity contribution is -0.218. The van der Waals surface area contributed by atoms with Gasteiger partial charge in [0.05, 0.1) is 23.2 Å². The maximum Gasteiger partial charge on any atom is 0.393 e. The van der Waals surface area contributed by atoms with E-state index < -0.39 is 37.7 Å². The first-order valence-corrected chi connectivity index (χ1v) is 12.5. The summed E-state index contributed by atoms with van der Waals surface area (Å²) in [6.45, 7) is 5.76. The maximum atomic E-state index is 14.2. The van der Waals surface area contributed by atoms with E-state index in [1.165, 1.54) is 7.11 Å². The first-order chi connectivity index (χ1) is 12.5. The van der Waals surface area contributed by atoms with Crippen LogP contribution in [0.5, 0.6) is 0 Å². The highest BCUT2D eigenvalue weighted by molar-refractivity contribution is 6.70. The van der Waals surface area contributed by atoms with Crippen LogP contribution in [0.4, 0.5) is 13.2 Å². The zero-order chi connectivity index (χ0) is 20.0. The Morgan fingerprint density at radius 1 is 1.19 bits per heavy atom. The summed E-state index contributed by atoms with van der Waals surface area (Å²) < 4.78 is 53.8. The summed E-state index contributed by atoms with van der Waals surface area (Å²) in [5.41, 5.74) is -0.465. The smallest absolute Gasteiger partial charge is 0.393 e. The number of rotatable bonds is 3. The summed E-state index contributed by atoms with van der Waals surface area (Å²) in [6.07, 6.45) is -3.67. The molecule has 2 aliphatic rings. The van der Waals surface area contributed by atoms with Crippen molar-refractivity contribution in [3.63, 3.8) is 0 Å². The van der Waals surface area contributed by atoms with Crippen LogP contribution < -0.4 is 0 Å². The highest BCUT2D eigenvalue weighted by Gasteiger charge is 2.63. The van der Waals surface area contributed by atoms with Crippen molar-refractivity contribution in [2.45, 2.75) is 51.2 Å². The van der Waals surface area contributed by atoms with Gasteiger partial charge in [0.1, 0.15) is 0 Å². The van der Waals surface area contributed by atoms with Gasteiger partial charge in [0.15, 0.2) is 5.78 Å². The lowest BCUT2D eigenvalue weighted by atomic mass is 9.57. The molecule has 0 heterocycles. The van der Waals surface area contributed by atoms with Crippen molar-refractivity contribution in [2.75, 3.05) is 7.11 Å². The largest absolute Gasteiger partial charge is 0.547 e. The Balaban J connectivity index is 2.13. The average molecular weight is 398 g/mol. The molecule has 0 amide bonds. The molecule has 1 aromatic carbocycles. The molecule has 0 N–H and O–H groups in total. The number of allylic oxidation sites excluding steroid dienone is 1. The van der Waals surface area contributed by atoms with Gasteiger partial charge in [-0.2, -0.15) is 13.2 Å². The van der Waals surface area contributed by atoms with Crippen LogP contribution in [-0.4, -0.2) is 33.5 Å². The number of Topliss-reactive ketones (excluding diaryl/α,β-unsaturated/α-hetero) is 1. The third-order valence-corrected chi connectivity index (χ3v) is 6.33. The summed E-state index contributed by atoms with van der Waals surface area (Å²) in [5.74, 6) is -2.00. The van der Waals surface area contributed by atoms with Crippen molar-refractivity contribution < 1.29 is 27.1 Å². The quantitative estimate of drug-likeness (QED) is 0.662. The van der Waals surface area contributed by atoms with Crippen molar-refractivity contribution in [3.05, 3.63) is 47.2 Å². The first-order valence-electron chi connectivity index (χ1n) is 9.11. The second kappa shape index (κ2) is 6.78. The molecule has 0 fully saturated rings. The monoisotopic (exact) mass is 398 g/mol. The van der Waals surface area contributed by atoms with Crippen molar-refractivity contribution in [1.29, 1.82) is 0 Å². The SMILES string of the molecule is COC1C=C(O[Si](C)(C)C)C[C@H](C(F)(F)F)[C@]12CCc1ccccc1C2=O. The molecular weight excluding hydrogens is 373 g/mol. The van der Waals surface area contributed by atoms with Crippen LogP contribution in [0.25, 0.3) is 0 Å². The maximum absolute atomic E-state index is 14.2. The molecule has 0 aromatic heterocycles. The number of aryl methyl sites for hydroxylation is 1. The Kier molecular flexibility index (Phi) is 5.05. The second-order valence-electron chi connectivity index (χ2n) is 8.33. The lowest BCUT2D eigenvalue weighted by Crippen LogP contribution is -2.57. The Bertz CT molecular complexity index is 766. The Morgan fingerprint density at radius 2 is 1.85 bits per heavy atom. The highest BCUT2D eigenvalue weighted by Crippen LogP contribution is 2.56. The highest BCUT2D eigenvalue weighted by atomic mass is 28.4. The predicted molar refractivity (Wildman–Crippen MR) is 99.0 cm³/mol. The van der Waals surface area contributed by atoms with E-state index >= 15 is 0 Å². The van der Waals surface area contributed by atoms with Gasteiger partial charge in [0.25, 0.3) is 0 Å². The van der Waals surface area contributed by atoms with E-state index in [0.717, 1.165) is 5.56 Å². The van der Waals surface area contributed by atoms with Gasteiger partial charge < -0.3 is 9.16 Å². The Morgan fingerprint density at radius 3 is 2.44 bits per heavy atom. The molecule has 1 unspecified atom stereocenters. The molecule has 0 radical (unpaired) electrons. The zero-order valence-electron chi connectivity index (χ0n) is 16.0. The van der Waals surface area contributed by atoms with Crippen molar-refractivity contribution in [1.82, 2.24) is 0 Å². The molecule has 27 heavy (non-hydrogen) atoms. The molecular formula is C20H25F3O3Si. The molecule has 0 bridgehead atoms. The Hall–Kier alpha value is -1.60. The number of ether oxygens (including phenoxy) is 1. The topological polar surface area (TPSA) is 35.5 Å². The molecule has 0 saturated heterocycles. The van der Waals surface area contributed by atoms with Crippen LogP contribution in [0.15, 0.2) is 36.1 Å². The van der Waals surface area contributed by atoms with Gasteiger partial charge in [-0.25, -0.2) is 0 Å². The van der Waals surface area contributed by atoms with Gasteiger partial charge in [-0.3, -0.25) is 4.79 Å². The molecule has 3 nitrogen and oxygen atoms in total. The van der Waals surface area contributed by atoms with E-state index in [9.17, 15) is 18.0 Å². The molecule has 1 spiro atoms. The van der Waals surface area contributed by atoms with E-state index in [2.05, 4.69) is 0 Å². The van der Waals surface area contributed by atoms with Crippen LogP contribution in [0, 0.1) is 11.3 Å². The number of ketones is 1. The summed E-state index contributed by atoms with van der Waals surface area (Å²) in [5, 5.41) is 0. The van der Waals surface area contributed by atoms with Crippen LogP contribution in [-0.2, 0) is 15.6 Å². The van der Waals surface area contributed by atoms with Crippen molar-refractivity contribution in [3.8, 4) is 0 Å². The zero-order valence-corrected chi connectivity index (χ0v) is 17.0. The number of hydrogen-bond acceptors (Lipinski definition) is 3. The van der Waals surface area contributed by atoms with Gasteiger partial charge in [0, 0.05) is 19.1 Å². The third-order valence-electron chi connectivity index (χ3n) is 5.45. The third kappa shape index (κ3) is 3.59. The Labute approximate surface area is 158 Å². The molecule has 3 rings (SSSR count). The minimum atomic E-state index is -4.53. The summed E-state index contributed by atoms with van der Waals surface area (Å²) >= 11 is 0. The molecule has 2 aliphatic carbocycles. The normalized spacial score (nSPS) is 28.7. The number of methoxy groups -OCH3 is 1. The van der Waals surface area contributed by atoms with Crippen molar-refractivity contribution >= 4 is 14.1 Å². The molecule has 7 heteroatoms. The number of carbonyl (C=O) groups excluding carboxylic acids is 1. The average Bonchev–Trinajstić information content (AvgIpc) is 2.57. The minimum Gasteiger partial charge on any atom is -0.547 e. The number of carbonyl (C=O) groups is 1. The second-order valence-corrected chi connectivity index (χ2v) is 12.8. The fourth-order valence-electron chi connectivity index (χ4n) is 4.39. The summed E-state index contributed by atoms with van der Waals surface area (Å²) in [4.78, 5) is 13.4. The fraction of sp³-hybridized carbons (Fsp3) is 0.550. The molecule has 0 saturated carbocycles. The molecule has 1 aromatic rings. The van der Waals surface area contributed by atoms with Crippen LogP contribution >= 0.6 is 0 Å². The van der Waals surface area contributed by atoms with Gasteiger partial charge in [-0.1, -0.05) is 24.3 Å². The van der Waals surface area contributed by atoms with Gasteiger partial charge in [0.2, 0.25) is 8.32 Å². The van der Waals surface area contributed by atoms with Gasteiger partial charge in [-0.15, -0.1) is 0 Å². The van der Waals surface area contributed by atoms with E-state index in [4.69, 9.17) is 9.16 Å². The number of alkyl halides is 3. The summed E-state index contributed by atoms with van der Waals surface area (Å²) in [7, 11) is -0.725. The van der Waals surface area contributed by atoms with E-state index in [1.807, 2.05) is 25.7 Å². The molecule has 0 aliphatic heterocycles. The number of benzene rings is 1. The van der Waals surface area contributed by atoms with Crippen LogP contribution in [0.2, 0.25) is 19.6 Å². The van der Waals surface area contributed by atoms with E-state index in [1.54, 1.807) is 24.3 Å². The number of fused-ring (bicyclic) bond motifs is 1. The minimum absolute atomic E-state index is 0.113. The van der Waals surface area contributed by atoms with Gasteiger partial charge in [-0.05, 0) is 44.1 Å². The number of halogens is 3.